The molecule has 1 amide bonds. The first-order valence-electron chi connectivity index (χ1n) is 11.3. The van der Waals surface area contributed by atoms with Gasteiger partial charge in [0.1, 0.15) is 19.7 Å². The number of esters is 1. The summed E-state index contributed by atoms with van der Waals surface area (Å²) in [4.78, 5) is 26.2. The van der Waals surface area contributed by atoms with E-state index in [4.69, 9.17) is 38.4 Å². The fourth-order valence-corrected chi connectivity index (χ4v) is 4.21. The molecule has 0 unspecified atom stereocenters. The van der Waals surface area contributed by atoms with E-state index in [2.05, 4.69) is 0 Å². The van der Waals surface area contributed by atoms with Gasteiger partial charge in [0.15, 0.2) is 11.5 Å². The largest absolute Gasteiger partial charge is 0.493 e. The van der Waals surface area contributed by atoms with Gasteiger partial charge in [0.2, 0.25) is 0 Å². The van der Waals surface area contributed by atoms with Crippen LogP contribution in [-0.2, 0) is 27.2 Å². The van der Waals surface area contributed by atoms with E-state index < -0.39 is 12.2 Å². The van der Waals surface area contributed by atoms with Crippen LogP contribution in [0.2, 0.25) is 5.02 Å². The normalized spacial score (nSPS) is 17.0. The van der Waals surface area contributed by atoms with E-state index in [-0.39, 0.29) is 25.0 Å². The number of cyclic esters (lactones) is 1. The molecule has 0 aromatic heterocycles. The lowest BCUT2D eigenvalue weighted by Gasteiger charge is -2.23. The van der Waals surface area contributed by atoms with E-state index in [9.17, 15) is 9.59 Å². The average molecular weight is 506 g/mol. The lowest BCUT2D eigenvalue weighted by molar-refractivity contribution is -0.139. The molecule has 184 valence electrons. The van der Waals surface area contributed by atoms with Crippen molar-refractivity contribution in [1.29, 1.82) is 0 Å². The van der Waals surface area contributed by atoms with Crippen LogP contribution in [-0.4, -0.2) is 45.1 Å². The SMILES string of the molecule is [B]c1ccc(Oc2cc(CC(=O)OC)ccc2OC)c(CN2C(=O)O[C@@H](c3ccc(Cl)cc3)[C@H]2C)c1. The number of hydrogen-bond acceptors (Lipinski definition) is 6. The summed E-state index contributed by atoms with van der Waals surface area (Å²) >= 11 is 6.01. The van der Waals surface area contributed by atoms with Crippen LogP contribution in [0.3, 0.4) is 0 Å². The summed E-state index contributed by atoms with van der Waals surface area (Å²) in [5.41, 5.74) is 2.78. The third kappa shape index (κ3) is 5.60. The van der Waals surface area contributed by atoms with Crippen molar-refractivity contribution < 1.29 is 28.5 Å². The minimum Gasteiger partial charge on any atom is -0.493 e. The van der Waals surface area contributed by atoms with Gasteiger partial charge in [-0.1, -0.05) is 47.4 Å². The molecule has 0 aliphatic carbocycles. The Labute approximate surface area is 216 Å². The van der Waals surface area contributed by atoms with E-state index in [1.165, 1.54) is 14.2 Å². The third-order valence-corrected chi connectivity index (χ3v) is 6.29. The molecule has 7 nitrogen and oxygen atoms in total. The number of methoxy groups -OCH3 is 2. The Hall–Kier alpha value is -3.65. The van der Waals surface area contributed by atoms with Crippen LogP contribution in [0.25, 0.3) is 0 Å². The lowest BCUT2D eigenvalue weighted by atomic mass is 9.93. The first-order valence-corrected chi connectivity index (χ1v) is 11.7. The summed E-state index contributed by atoms with van der Waals surface area (Å²) in [6.07, 6.45) is -0.780. The highest BCUT2D eigenvalue weighted by molar-refractivity contribution is 6.32. The van der Waals surface area contributed by atoms with Gasteiger partial charge in [-0.05, 0) is 48.4 Å². The molecule has 0 spiro atoms. The first-order chi connectivity index (χ1) is 17.3. The van der Waals surface area contributed by atoms with Gasteiger partial charge in [-0.25, -0.2) is 4.79 Å². The van der Waals surface area contributed by atoms with Crippen molar-refractivity contribution in [2.45, 2.75) is 32.0 Å². The van der Waals surface area contributed by atoms with Crippen molar-refractivity contribution in [2.24, 2.45) is 0 Å². The Morgan fingerprint density at radius 1 is 1.03 bits per heavy atom. The summed E-state index contributed by atoms with van der Waals surface area (Å²) in [6, 6.07) is 17.4. The van der Waals surface area contributed by atoms with Crippen molar-refractivity contribution in [3.63, 3.8) is 0 Å². The van der Waals surface area contributed by atoms with E-state index in [0.717, 1.165) is 5.56 Å². The molecule has 2 radical (unpaired) electrons. The fraction of sp³-hybridized carbons (Fsp3) is 0.259. The van der Waals surface area contributed by atoms with Crippen LogP contribution in [0.15, 0.2) is 60.7 Å². The quantitative estimate of drug-likeness (QED) is 0.325. The zero-order valence-electron chi connectivity index (χ0n) is 20.2. The van der Waals surface area contributed by atoms with Crippen LogP contribution in [0.4, 0.5) is 4.79 Å². The van der Waals surface area contributed by atoms with Crippen LogP contribution < -0.4 is 14.9 Å². The number of carbonyl (C=O) groups excluding carboxylic acids is 2. The predicted octanol–water partition coefficient (Wildman–Crippen LogP) is 4.73. The second-order valence-electron chi connectivity index (χ2n) is 8.43. The zero-order valence-corrected chi connectivity index (χ0v) is 21.0. The molecule has 1 aliphatic rings. The van der Waals surface area contributed by atoms with Gasteiger partial charge in [-0.15, -0.1) is 0 Å². The topological polar surface area (TPSA) is 74.3 Å². The number of carbonyl (C=O) groups is 2. The number of amides is 1. The molecule has 9 heteroatoms. The Balaban J connectivity index is 1.60. The maximum atomic E-state index is 12.8. The summed E-state index contributed by atoms with van der Waals surface area (Å²) in [6.45, 7) is 2.14. The van der Waals surface area contributed by atoms with E-state index in [1.54, 1.807) is 53.4 Å². The maximum absolute atomic E-state index is 12.8. The number of nitrogens with zero attached hydrogens (tertiary/aromatic N) is 1. The van der Waals surface area contributed by atoms with Gasteiger partial charge >= 0.3 is 12.1 Å². The summed E-state index contributed by atoms with van der Waals surface area (Å²) in [5, 5.41) is 0.611. The smallest absolute Gasteiger partial charge is 0.411 e. The fourth-order valence-electron chi connectivity index (χ4n) is 4.09. The molecule has 36 heavy (non-hydrogen) atoms. The Morgan fingerprint density at radius 2 is 1.75 bits per heavy atom. The van der Waals surface area contributed by atoms with Crippen LogP contribution in [0.5, 0.6) is 17.2 Å². The van der Waals surface area contributed by atoms with Crippen LogP contribution in [0.1, 0.15) is 29.7 Å². The van der Waals surface area contributed by atoms with Crippen molar-refractivity contribution in [2.75, 3.05) is 14.2 Å². The molecule has 4 rings (SSSR count). The lowest BCUT2D eigenvalue weighted by Crippen LogP contribution is -2.31. The molecule has 1 heterocycles. The number of halogens is 1. The number of ether oxygens (including phenoxy) is 4. The standard InChI is InChI=1S/C27H25BClNO6/c1-16-26(18-5-8-21(29)9-6-18)36-27(32)30(16)15-19-14-20(28)7-11-22(19)35-24-12-17(13-25(31)34-3)4-10-23(24)33-2/h4-12,14,16,26H,13,15H2,1-3H3/t16-,26-/m1/s1. The molecule has 3 aromatic carbocycles. The number of benzene rings is 3. The number of hydrogen-bond donors (Lipinski definition) is 0. The highest BCUT2D eigenvalue weighted by atomic mass is 35.5. The minimum atomic E-state index is -0.437. The molecule has 1 fully saturated rings. The molecule has 2 atom stereocenters. The van der Waals surface area contributed by atoms with Crippen molar-refractivity contribution in [3.05, 3.63) is 82.4 Å². The first kappa shape index (κ1) is 25.4. The van der Waals surface area contributed by atoms with E-state index in [1.807, 2.05) is 19.1 Å². The van der Waals surface area contributed by atoms with Gasteiger partial charge in [0.25, 0.3) is 0 Å². The van der Waals surface area contributed by atoms with E-state index in [0.29, 0.717) is 38.9 Å². The van der Waals surface area contributed by atoms with E-state index >= 15 is 0 Å². The monoisotopic (exact) mass is 505 g/mol. The Bertz CT molecular complexity index is 1270. The summed E-state index contributed by atoms with van der Waals surface area (Å²) < 4.78 is 22.1. The molecule has 0 saturated carbocycles. The highest BCUT2D eigenvalue weighted by Gasteiger charge is 2.40. The van der Waals surface area contributed by atoms with Crippen molar-refractivity contribution >= 4 is 37.0 Å². The molecular weight excluding hydrogens is 481 g/mol. The highest BCUT2D eigenvalue weighted by Crippen LogP contribution is 2.37. The molecule has 3 aromatic rings. The molecule has 0 N–H and O–H groups in total. The van der Waals surface area contributed by atoms with Crippen molar-refractivity contribution in [1.82, 2.24) is 4.90 Å². The second kappa shape index (κ2) is 11.0. The van der Waals surface area contributed by atoms with Gasteiger partial charge in [-0.3, -0.25) is 9.69 Å². The predicted molar refractivity (Wildman–Crippen MR) is 136 cm³/mol. The Kier molecular flexibility index (Phi) is 7.74. The second-order valence-corrected chi connectivity index (χ2v) is 8.87. The molecule has 1 aliphatic heterocycles. The van der Waals surface area contributed by atoms with Crippen molar-refractivity contribution in [3.8, 4) is 17.2 Å². The summed E-state index contributed by atoms with van der Waals surface area (Å²) in [5.74, 6) is 1.04. The molecule has 1 saturated heterocycles. The van der Waals surface area contributed by atoms with Gasteiger partial charge < -0.3 is 18.9 Å². The van der Waals surface area contributed by atoms with Gasteiger partial charge in [-0.2, -0.15) is 0 Å². The minimum absolute atomic E-state index is 0.0919. The van der Waals surface area contributed by atoms with Gasteiger partial charge in [0.05, 0.1) is 33.2 Å². The van der Waals surface area contributed by atoms with Gasteiger partial charge in [0, 0.05) is 10.6 Å². The molecule has 0 bridgehead atoms. The Morgan fingerprint density at radius 3 is 2.44 bits per heavy atom. The van der Waals surface area contributed by atoms with Crippen LogP contribution >= 0.6 is 11.6 Å². The molecular formula is C27H25BClNO6. The average Bonchev–Trinajstić information content (AvgIpc) is 3.14. The zero-order chi connectivity index (χ0) is 25.8. The third-order valence-electron chi connectivity index (χ3n) is 6.04. The van der Waals surface area contributed by atoms with Crippen LogP contribution in [0, 0.1) is 0 Å². The maximum Gasteiger partial charge on any atom is 0.411 e. The summed E-state index contributed by atoms with van der Waals surface area (Å²) in [7, 11) is 8.94. The number of rotatable bonds is 8.